The zero-order valence-corrected chi connectivity index (χ0v) is 12.3. The molecular formula is C16H18ClN3. The van der Waals surface area contributed by atoms with Gasteiger partial charge in [0.2, 0.25) is 0 Å². The van der Waals surface area contributed by atoms with Crippen molar-refractivity contribution in [1.29, 1.82) is 0 Å². The maximum atomic E-state index is 6.03. The van der Waals surface area contributed by atoms with Gasteiger partial charge in [-0.05, 0) is 30.2 Å². The van der Waals surface area contributed by atoms with E-state index in [4.69, 9.17) is 11.6 Å². The van der Waals surface area contributed by atoms with E-state index in [2.05, 4.69) is 45.6 Å². The van der Waals surface area contributed by atoms with Crippen molar-refractivity contribution in [3.8, 4) is 0 Å². The van der Waals surface area contributed by atoms with E-state index in [0.717, 1.165) is 29.9 Å². The standard InChI is InChI=1S/C16H18ClN3/c1-2-5-13-8-9-19(11-13)12-20-15-7-4-3-6-14(15)18-16(20)10-17/h3-4,6-9,11H,2,5,10,12H2,1H3. The third-order valence-electron chi connectivity index (χ3n) is 3.51. The summed E-state index contributed by atoms with van der Waals surface area (Å²) in [6.07, 6.45) is 6.62. The first kappa shape index (κ1) is 13.3. The van der Waals surface area contributed by atoms with Gasteiger partial charge in [0, 0.05) is 12.4 Å². The van der Waals surface area contributed by atoms with Crippen LogP contribution in [0.15, 0.2) is 42.7 Å². The first-order chi connectivity index (χ1) is 9.81. The topological polar surface area (TPSA) is 22.8 Å². The summed E-state index contributed by atoms with van der Waals surface area (Å²) < 4.78 is 4.37. The fourth-order valence-corrected chi connectivity index (χ4v) is 2.77. The third kappa shape index (κ3) is 2.46. The number of nitrogens with zero attached hydrogens (tertiary/aromatic N) is 3. The third-order valence-corrected chi connectivity index (χ3v) is 3.75. The van der Waals surface area contributed by atoms with Crippen LogP contribution in [0.2, 0.25) is 0 Å². The average Bonchev–Trinajstić information content (AvgIpc) is 3.05. The molecule has 2 heterocycles. The van der Waals surface area contributed by atoms with Crippen molar-refractivity contribution in [2.45, 2.75) is 32.3 Å². The van der Waals surface area contributed by atoms with Crippen LogP contribution in [0.4, 0.5) is 0 Å². The molecular weight excluding hydrogens is 270 g/mol. The number of benzene rings is 1. The van der Waals surface area contributed by atoms with Crippen LogP contribution >= 0.6 is 11.6 Å². The maximum absolute atomic E-state index is 6.03. The van der Waals surface area contributed by atoms with Crippen molar-refractivity contribution >= 4 is 22.6 Å². The van der Waals surface area contributed by atoms with E-state index < -0.39 is 0 Å². The summed E-state index contributed by atoms with van der Waals surface area (Å²) in [5, 5.41) is 0. The van der Waals surface area contributed by atoms with Gasteiger partial charge in [0.25, 0.3) is 0 Å². The lowest BCUT2D eigenvalue weighted by Crippen LogP contribution is -2.09. The van der Waals surface area contributed by atoms with Crippen LogP contribution < -0.4 is 0 Å². The highest BCUT2D eigenvalue weighted by Crippen LogP contribution is 2.18. The molecule has 0 bridgehead atoms. The molecule has 3 rings (SSSR count). The summed E-state index contributed by atoms with van der Waals surface area (Å²) in [5.41, 5.74) is 3.52. The van der Waals surface area contributed by atoms with Crippen LogP contribution in [-0.4, -0.2) is 14.1 Å². The zero-order valence-electron chi connectivity index (χ0n) is 11.6. The molecule has 0 N–H and O–H groups in total. The molecule has 20 heavy (non-hydrogen) atoms. The first-order valence-corrected chi connectivity index (χ1v) is 7.50. The summed E-state index contributed by atoms with van der Waals surface area (Å²) in [7, 11) is 0. The molecule has 1 aromatic carbocycles. The Kier molecular flexibility index (Phi) is 3.79. The van der Waals surface area contributed by atoms with Crippen molar-refractivity contribution in [2.75, 3.05) is 0 Å². The number of alkyl halides is 1. The second-order valence-electron chi connectivity index (χ2n) is 5.00. The Morgan fingerprint density at radius 1 is 1.20 bits per heavy atom. The van der Waals surface area contributed by atoms with Gasteiger partial charge in [0.05, 0.1) is 16.9 Å². The maximum Gasteiger partial charge on any atom is 0.126 e. The van der Waals surface area contributed by atoms with Crippen molar-refractivity contribution in [3.63, 3.8) is 0 Å². The lowest BCUT2D eigenvalue weighted by atomic mass is 10.2. The van der Waals surface area contributed by atoms with E-state index >= 15 is 0 Å². The summed E-state index contributed by atoms with van der Waals surface area (Å²) in [5.74, 6) is 1.34. The van der Waals surface area contributed by atoms with E-state index in [1.807, 2.05) is 18.2 Å². The number of hydrogen-bond acceptors (Lipinski definition) is 1. The zero-order chi connectivity index (χ0) is 13.9. The van der Waals surface area contributed by atoms with E-state index in [1.54, 1.807) is 0 Å². The summed E-state index contributed by atoms with van der Waals surface area (Å²) in [6.45, 7) is 2.96. The number of imidazole rings is 1. The molecule has 0 atom stereocenters. The number of fused-ring (bicyclic) bond motifs is 1. The number of hydrogen-bond donors (Lipinski definition) is 0. The summed E-state index contributed by atoms with van der Waals surface area (Å²) in [4.78, 5) is 4.59. The van der Waals surface area contributed by atoms with Gasteiger partial charge in [0.15, 0.2) is 0 Å². The van der Waals surface area contributed by atoms with E-state index in [9.17, 15) is 0 Å². The molecule has 0 aliphatic carbocycles. The van der Waals surface area contributed by atoms with Gasteiger partial charge in [-0.25, -0.2) is 4.98 Å². The monoisotopic (exact) mass is 287 g/mol. The van der Waals surface area contributed by atoms with Gasteiger partial charge in [-0.15, -0.1) is 11.6 Å². The van der Waals surface area contributed by atoms with Crippen LogP contribution in [0.1, 0.15) is 24.7 Å². The van der Waals surface area contributed by atoms with Gasteiger partial charge in [0.1, 0.15) is 12.5 Å². The summed E-state index contributed by atoms with van der Waals surface area (Å²) in [6, 6.07) is 10.3. The Morgan fingerprint density at radius 2 is 2.05 bits per heavy atom. The highest BCUT2D eigenvalue weighted by Gasteiger charge is 2.09. The smallest absolute Gasteiger partial charge is 0.126 e. The van der Waals surface area contributed by atoms with Crippen LogP contribution in [-0.2, 0) is 19.0 Å². The van der Waals surface area contributed by atoms with E-state index in [0.29, 0.717) is 5.88 Å². The molecule has 0 amide bonds. The van der Waals surface area contributed by atoms with Gasteiger partial charge in [-0.2, -0.15) is 0 Å². The highest BCUT2D eigenvalue weighted by molar-refractivity contribution is 6.16. The molecule has 0 unspecified atom stereocenters. The fraction of sp³-hybridized carbons (Fsp3) is 0.312. The van der Waals surface area contributed by atoms with Crippen molar-refractivity contribution < 1.29 is 0 Å². The average molecular weight is 288 g/mol. The van der Waals surface area contributed by atoms with Gasteiger partial charge < -0.3 is 9.13 Å². The van der Waals surface area contributed by atoms with Crippen molar-refractivity contribution in [2.24, 2.45) is 0 Å². The first-order valence-electron chi connectivity index (χ1n) is 6.96. The minimum Gasteiger partial charge on any atom is -0.336 e. The van der Waals surface area contributed by atoms with Crippen molar-refractivity contribution in [3.05, 3.63) is 54.1 Å². The lowest BCUT2D eigenvalue weighted by molar-refractivity contribution is 0.606. The largest absolute Gasteiger partial charge is 0.336 e. The molecule has 3 aromatic rings. The van der Waals surface area contributed by atoms with Gasteiger partial charge >= 0.3 is 0 Å². The lowest BCUT2D eigenvalue weighted by Gasteiger charge is -2.09. The molecule has 0 spiro atoms. The predicted octanol–water partition coefficient (Wildman–Crippen LogP) is 4.03. The minimum absolute atomic E-state index is 0.428. The molecule has 0 saturated carbocycles. The Bertz CT molecular complexity index is 711. The van der Waals surface area contributed by atoms with Gasteiger partial charge in [-0.1, -0.05) is 25.5 Å². The van der Waals surface area contributed by atoms with E-state index in [-0.39, 0.29) is 0 Å². The van der Waals surface area contributed by atoms with Crippen LogP contribution in [0.3, 0.4) is 0 Å². The number of aryl methyl sites for hydroxylation is 1. The van der Waals surface area contributed by atoms with Crippen LogP contribution in [0.5, 0.6) is 0 Å². The van der Waals surface area contributed by atoms with Gasteiger partial charge in [-0.3, -0.25) is 0 Å². The van der Waals surface area contributed by atoms with E-state index in [1.165, 1.54) is 12.0 Å². The van der Waals surface area contributed by atoms with Crippen LogP contribution in [0.25, 0.3) is 11.0 Å². The summed E-state index contributed by atoms with van der Waals surface area (Å²) >= 11 is 6.03. The number of halogens is 1. The Balaban J connectivity index is 1.96. The molecule has 104 valence electrons. The Morgan fingerprint density at radius 3 is 2.85 bits per heavy atom. The molecule has 4 heteroatoms. The number of para-hydroxylation sites is 2. The van der Waals surface area contributed by atoms with Crippen LogP contribution in [0, 0.1) is 0 Å². The number of rotatable bonds is 5. The molecule has 2 aromatic heterocycles. The molecule has 0 aliphatic heterocycles. The molecule has 0 radical (unpaired) electrons. The SMILES string of the molecule is CCCc1ccn(Cn2c(CCl)nc3ccccc32)c1. The highest BCUT2D eigenvalue weighted by atomic mass is 35.5. The number of aromatic nitrogens is 3. The molecule has 0 fully saturated rings. The minimum atomic E-state index is 0.428. The fourth-order valence-electron chi connectivity index (χ4n) is 2.56. The quantitative estimate of drug-likeness (QED) is 0.650. The molecule has 3 nitrogen and oxygen atoms in total. The normalized spacial score (nSPS) is 11.3. The molecule has 0 aliphatic rings. The van der Waals surface area contributed by atoms with Crippen molar-refractivity contribution in [1.82, 2.24) is 14.1 Å². The molecule has 0 saturated heterocycles. The Hall–Kier alpha value is -1.74. The predicted molar refractivity (Wildman–Crippen MR) is 83.1 cm³/mol. The second-order valence-corrected chi connectivity index (χ2v) is 5.27. The second kappa shape index (κ2) is 5.71. The Labute approximate surface area is 123 Å².